The van der Waals surface area contributed by atoms with E-state index in [4.69, 9.17) is 0 Å². The van der Waals surface area contributed by atoms with Crippen LogP contribution in [0.5, 0.6) is 0 Å². The number of hydrogen-bond donors (Lipinski definition) is 2. The smallest absolute Gasteiger partial charge is 0.251 e. The third-order valence-electron chi connectivity index (χ3n) is 2.73. The highest BCUT2D eigenvalue weighted by atomic mass is 16.3. The van der Waals surface area contributed by atoms with E-state index in [9.17, 15) is 9.90 Å². The summed E-state index contributed by atoms with van der Waals surface area (Å²) in [5, 5.41) is 10.8. The van der Waals surface area contributed by atoms with Crippen molar-refractivity contribution in [2.24, 2.45) is 0 Å². The fourth-order valence-electron chi connectivity index (χ4n) is 1.97. The second-order valence-electron chi connectivity index (χ2n) is 5.19. The lowest BCUT2D eigenvalue weighted by Gasteiger charge is -2.17. The van der Waals surface area contributed by atoms with Gasteiger partial charge in [-0.15, -0.1) is 0 Å². The maximum atomic E-state index is 11.5. The van der Waals surface area contributed by atoms with Gasteiger partial charge in [0.05, 0.1) is 5.60 Å². The van der Waals surface area contributed by atoms with Crippen molar-refractivity contribution in [2.45, 2.75) is 32.8 Å². The molecule has 1 heterocycles. The van der Waals surface area contributed by atoms with Gasteiger partial charge in [-0.25, -0.2) is 0 Å². The van der Waals surface area contributed by atoms with E-state index in [0.29, 0.717) is 12.0 Å². The van der Waals surface area contributed by atoms with Gasteiger partial charge in [-0.2, -0.15) is 0 Å². The van der Waals surface area contributed by atoms with Gasteiger partial charge < -0.3 is 10.1 Å². The Kier molecular flexibility index (Phi) is 2.79. The average Bonchev–Trinajstić information content (AvgIpc) is 2.18. The third kappa shape index (κ3) is 2.74. The van der Waals surface area contributed by atoms with Gasteiger partial charge in [0.2, 0.25) is 0 Å². The second kappa shape index (κ2) is 4.00. The van der Waals surface area contributed by atoms with Crippen LogP contribution < -0.4 is 5.56 Å². The summed E-state index contributed by atoms with van der Waals surface area (Å²) < 4.78 is 0. The molecular formula is C14H17NO2. The van der Waals surface area contributed by atoms with Crippen molar-refractivity contribution >= 4 is 10.9 Å². The van der Waals surface area contributed by atoms with Crippen LogP contribution in [0.3, 0.4) is 0 Å². The van der Waals surface area contributed by atoms with Crippen LogP contribution in [0.1, 0.15) is 25.0 Å². The Morgan fingerprint density at radius 1 is 1.29 bits per heavy atom. The average molecular weight is 231 g/mol. The first-order valence-corrected chi connectivity index (χ1v) is 5.70. The zero-order valence-electron chi connectivity index (χ0n) is 10.4. The van der Waals surface area contributed by atoms with Crippen LogP contribution in [0.4, 0.5) is 0 Å². The molecule has 0 aliphatic heterocycles. The maximum Gasteiger partial charge on any atom is 0.251 e. The summed E-state index contributed by atoms with van der Waals surface area (Å²) in [6.45, 7) is 5.37. The molecule has 0 aliphatic rings. The zero-order valence-corrected chi connectivity index (χ0v) is 10.4. The molecule has 3 heteroatoms. The van der Waals surface area contributed by atoms with Crippen molar-refractivity contribution in [2.75, 3.05) is 0 Å². The highest BCUT2D eigenvalue weighted by molar-refractivity contribution is 5.79. The lowest BCUT2D eigenvalue weighted by molar-refractivity contribution is 0.0810. The molecule has 0 aliphatic carbocycles. The molecule has 0 atom stereocenters. The lowest BCUT2D eigenvalue weighted by atomic mass is 9.97. The predicted octanol–water partition coefficient (Wildman–Crippen LogP) is 2.15. The standard InChI is InChI=1S/C14H17NO2/c1-9-6-11-7-10(8-14(2,3)17)4-5-12(11)15-13(9)16/h4-7,17H,8H2,1-3H3,(H,15,16). The number of nitrogens with one attached hydrogen (secondary N) is 1. The number of aromatic nitrogens is 1. The molecule has 1 aromatic heterocycles. The van der Waals surface area contributed by atoms with Gasteiger partial charge >= 0.3 is 0 Å². The van der Waals surface area contributed by atoms with Crippen molar-refractivity contribution in [1.29, 1.82) is 0 Å². The molecule has 90 valence electrons. The zero-order chi connectivity index (χ0) is 12.6. The normalized spacial score (nSPS) is 12.0. The van der Waals surface area contributed by atoms with Crippen LogP contribution in [0, 0.1) is 6.92 Å². The minimum atomic E-state index is -0.717. The number of aliphatic hydroxyl groups is 1. The van der Waals surface area contributed by atoms with E-state index < -0.39 is 5.60 Å². The molecule has 0 amide bonds. The predicted molar refractivity (Wildman–Crippen MR) is 69.3 cm³/mol. The number of fused-ring (bicyclic) bond motifs is 1. The quantitative estimate of drug-likeness (QED) is 0.832. The van der Waals surface area contributed by atoms with E-state index in [1.165, 1.54) is 0 Å². The number of rotatable bonds is 2. The van der Waals surface area contributed by atoms with Crippen LogP contribution >= 0.6 is 0 Å². The van der Waals surface area contributed by atoms with Gasteiger partial charge in [0, 0.05) is 17.5 Å². The Morgan fingerprint density at radius 2 is 2.00 bits per heavy atom. The number of benzene rings is 1. The molecule has 2 aromatic rings. The Bertz CT molecular complexity index is 606. The number of pyridine rings is 1. The molecule has 0 unspecified atom stereocenters. The van der Waals surface area contributed by atoms with Crippen molar-refractivity contribution < 1.29 is 5.11 Å². The van der Waals surface area contributed by atoms with Gasteiger partial charge in [-0.3, -0.25) is 4.79 Å². The van der Waals surface area contributed by atoms with E-state index in [1.54, 1.807) is 20.8 Å². The van der Waals surface area contributed by atoms with E-state index in [0.717, 1.165) is 16.5 Å². The summed E-state index contributed by atoms with van der Waals surface area (Å²) in [7, 11) is 0. The van der Waals surface area contributed by atoms with Crippen LogP contribution in [-0.2, 0) is 6.42 Å². The van der Waals surface area contributed by atoms with Crippen LogP contribution in [0.25, 0.3) is 10.9 Å². The first-order valence-electron chi connectivity index (χ1n) is 5.70. The number of H-pyrrole nitrogens is 1. The minimum Gasteiger partial charge on any atom is -0.390 e. The fraction of sp³-hybridized carbons (Fsp3) is 0.357. The maximum absolute atomic E-state index is 11.5. The Labute approximate surface area is 100 Å². The molecule has 2 N–H and O–H groups in total. The largest absolute Gasteiger partial charge is 0.390 e. The first kappa shape index (κ1) is 11.9. The summed E-state index contributed by atoms with van der Waals surface area (Å²) in [6.07, 6.45) is 0.598. The molecule has 3 nitrogen and oxygen atoms in total. The molecule has 0 saturated carbocycles. The molecule has 0 spiro atoms. The summed E-state index contributed by atoms with van der Waals surface area (Å²) in [5.74, 6) is 0. The van der Waals surface area contributed by atoms with Gasteiger partial charge in [-0.1, -0.05) is 6.07 Å². The van der Waals surface area contributed by atoms with Gasteiger partial charge in [-0.05, 0) is 49.9 Å². The first-order chi connectivity index (χ1) is 7.85. The second-order valence-corrected chi connectivity index (χ2v) is 5.19. The van der Waals surface area contributed by atoms with E-state index in [-0.39, 0.29) is 5.56 Å². The van der Waals surface area contributed by atoms with Crippen molar-refractivity contribution in [3.05, 3.63) is 45.7 Å². The molecule has 0 bridgehead atoms. The summed E-state index contributed by atoms with van der Waals surface area (Å²) in [4.78, 5) is 14.3. The summed E-state index contributed by atoms with van der Waals surface area (Å²) in [6, 6.07) is 7.71. The Balaban J connectivity index is 2.51. The highest BCUT2D eigenvalue weighted by Crippen LogP contribution is 2.17. The minimum absolute atomic E-state index is 0.0484. The van der Waals surface area contributed by atoms with Gasteiger partial charge in [0.15, 0.2) is 0 Å². The van der Waals surface area contributed by atoms with Gasteiger partial charge in [0.25, 0.3) is 5.56 Å². The van der Waals surface area contributed by atoms with Crippen molar-refractivity contribution in [3.63, 3.8) is 0 Å². The number of aromatic amines is 1. The molecule has 0 saturated heterocycles. The SMILES string of the molecule is Cc1cc2cc(CC(C)(C)O)ccc2[nH]c1=O. The highest BCUT2D eigenvalue weighted by Gasteiger charge is 2.13. The monoisotopic (exact) mass is 231 g/mol. The van der Waals surface area contributed by atoms with Crippen LogP contribution in [0.15, 0.2) is 29.1 Å². The molecular weight excluding hydrogens is 214 g/mol. The van der Waals surface area contributed by atoms with Crippen LogP contribution in [-0.4, -0.2) is 15.7 Å². The van der Waals surface area contributed by atoms with Crippen molar-refractivity contribution in [1.82, 2.24) is 4.98 Å². The van der Waals surface area contributed by atoms with E-state index in [2.05, 4.69) is 4.98 Å². The van der Waals surface area contributed by atoms with Gasteiger partial charge in [0.1, 0.15) is 0 Å². The summed E-state index contributed by atoms with van der Waals surface area (Å²) >= 11 is 0. The fourth-order valence-corrected chi connectivity index (χ4v) is 1.97. The van der Waals surface area contributed by atoms with Crippen molar-refractivity contribution in [3.8, 4) is 0 Å². The third-order valence-corrected chi connectivity index (χ3v) is 2.73. The molecule has 2 rings (SSSR count). The topological polar surface area (TPSA) is 53.1 Å². The molecule has 0 fully saturated rings. The van der Waals surface area contributed by atoms with Crippen LogP contribution in [0.2, 0.25) is 0 Å². The number of aryl methyl sites for hydroxylation is 1. The van der Waals surface area contributed by atoms with E-state index in [1.807, 2.05) is 24.3 Å². The molecule has 17 heavy (non-hydrogen) atoms. The Morgan fingerprint density at radius 3 is 2.65 bits per heavy atom. The lowest BCUT2D eigenvalue weighted by Crippen LogP contribution is -2.21. The summed E-state index contributed by atoms with van der Waals surface area (Å²) in [5.41, 5.74) is 1.84. The Hall–Kier alpha value is -1.61. The number of hydrogen-bond acceptors (Lipinski definition) is 2. The van der Waals surface area contributed by atoms with E-state index >= 15 is 0 Å². The molecule has 1 aromatic carbocycles. The molecule has 0 radical (unpaired) electrons.